The second-order valence-corrected chi connectivity index (χ2v) is 12.3. The number of anilines is 6. The molecule has 0 aliphatic heterocycles. The van der Waals surface area contributed by atoms with Crippen molar-refractivity contribution in [3.8, 4) is 11.5 Å². The number of primary amides is 1. The number of carbonyl (C=O) groups is 2. The first kappa shape index (κ1) is 45.2. The number of aromatic amines is 1. The third kappa shape index (κ3) is 11.7. The third-order valence-electron chi connectivity index (χ3n) is 7.71. The minimum Gasteiger partial charge on any atom is -0.497 e. The van der Waals surface area contributed by atoms with Crippen molar-refractivity contribution < 1.29 is 19.1 Å². The number of rotatable bonds is 12. The summed E-state index contributed by atoms with van der Waals surface area (Å²) in [5.74, 6) is 1.17. The maximum Gasteiger partial charge on any atom is 0.275 e. The van der Waals surface area contributed by atoms with Gasteiger partial charge in [-0.15, -0.1) is 0 Å². The number of aromatic nitrogens is 6. The van der Waals surface area contributed by atoms with Crippen molar-refractivity contribution in [2.75, 3.05) is 36.3 Å². The first-order valence-corrected chi connectivity index (χ1v) is 17.0. The van der Waals surface area contributed by atoms with Gasteiger partial charge in [0, 0.05) is 18.7 Å². The Kier molecular flexibility index (Phi) is 16.1. The van der Waals surface area contributed by atoms with E-state index in [1.807, 2.05) is 24.3 Å². The summed E-state index contributed by atoms with van der Waals surface area (Å²) in [4.78, 5) is 67.4. The van der Waals surface area contributed by atoms with E-state index in [-0.39, 0.29) is 72.4 Å². The van der Waals surface area contributed by atoms with Crippen LogP contribution >= 0.6 is 23.2 Å². The number of hydrogen-bond donors (Lipinski definition) is 7. The summed E-state index contributed by atoms with van der Waals surface area (Å²) in [6, 6.07) is 20.0. The molecule has 6 rings (SSSR count). The molecule has 4 heterocycles. The Labute approximate surface area is 342 Å². The third-order valence-corrected chi connectivity index (χ3v) is 8.30. The van der Waals surface area contributed by atoms with E-state index in [1.165, 1.54) is 41.5 Å². The number of carbonyl (C=O) groups excluding carboxylic acids is 2. The van der Waals surface area contributed by atoms with Crippen LogP contribution in [-0.2, 0) is 13.1 Å². The Bertz CT molecular complexity index is 2480. The topological polar surface area (TPSA) is 273 Å². The van der Waals surface area contributed by atoms with Gasteiger partial charge in [0.05, 0.1) is 30.8 Å². The molecule has 0 aliphatic rings. The van der Waals surface area contributed by atoms with Crippen LogP contribution in [0, 0.1) is 0 Å². The van der Waals surface area contributed by atoms with Gasteiger partial charge >= 0.3 is 0 Å². The molecule has 0 atom stereocenters. The van der Waals surface area contributed by atoms with Crippen molar-refractivity contribution >= 4 is 69.7 Å². The molecule has 0 unspecified atom stereocenters. The molecule has 18 nitrogen and oxygen atoms in total. The van der Waals surface area contributed by atoms with E-state index in [0.29, 0.717) is 23.1 Å². The number of hydrogen-bond acceptors (Lipinski definition) is 14. The van der Waals surface area contributed by atoms with Crippen LogP contribution in [0.5, 0.6) is 11.5 Å². The lowest BCUT2D eigenvalue weighted by Gasteiger charge is -2.17. The SMILES string of the molecule is C.C.COc1ccc(CNC(=O)c2c(Cl)cc(Nc3cc(N)ncn3)c(=O)n2Cc2ccc(OC)cc2)cc1.NC(=O)c1[nH]c(=O)c(Nc2cc(N)ncn2)cc1Cl. The van der Waals surface area contributed by atoms with Gasteiger partial charge in [-0.3, -0.25) is 23.7 Å². The highest BCUT2D eigenvalue weighted by molar-refractivity contribution is 6.34. The summed E-state index contributed by atoms with van der Waals surface area (Å²) in [5.41, 5.74) is 17.0. The molecular weight excluding hydrogens is 791 g/mol. The van der Waals surface area contributed by atoms with E-state index in [2.05, 4.69) is 40.9 Å². The van der Waals surface area contributed by atoms with Gasteiger partial charge in [0.2, 0.25) is 0 Å². The van der Waals surface area contributed by atoms with Crippen molar-refractivity contribution in [3.05, 3.63) is 139 Å². The Morgan fingerprint density at radius 3 is 1.74 bits per heavy atom. The minimum atomic E-state index is -0.820. The molecule has 10 N–H and O–H groups in total. The molecule has 0 aliphatic carbocycles. The van der Waals surface area contributed by atoms with E-state index in [1.54, 1.807) is 38.5 Å². The van der Waals surface area contributed by atoms with Crippen LogP contribution in [0.15, 0.2) is 95.0 Å². The molecule has 304 valence electrons. The second-order valence-electron chi connectivity index (χ2n) is 11.5. The number of halogens is 2. The zero-order valence-corrected chi connectivity index (χ0v) is 31.2. The van der Waals surface area contributed by atoms with Crippen molar-refractivity contribution in [2.45, 2.75) is 27.9 Å². The fourth-order valence-electron chi connectivity index (χ4n) is 4.96. The number of amides is 2. The standard InChI is InChI=1S/C26H25ClN6O4.C10H9ClN6O2.2CH4/c1-36-18-7-3-16(4-8-18)13-29-25(34)24-20(27)11-21(32-23-12-22(28)30-15-31-23)26(35)33(24)14-17-5-9-19(37-2)10-6-17;11-4-1-5(10(19)17-8(4)9(13)18)16-7-2-6(12)14-3-15-7;;/h3-12,15H,13-14H2,1-2H3,(H,29,34)(H3,28,30,31,32);1-3H,(H2,13,18)(H,17,19)(H3,12,14,15,16);2*1H4. The quantitative estimate of drug-likeness (QED) is 0.0843. The predicted molar refractivity (Wildman–Crippen MR) is 225 cm³/mol. The average molecular weight is 834 g/mol. The number of nitrogens with one attached hydrogen (secondary N) is 4. The molecule has 20 heteroatoms. The smallest absolute Gasteiger partial charge is 0.275 e. The minimum absolute atomic E-state index is 0. The van der Waals surface area contributed by atoms with Crippen LogP contribution in [0.4, 0.5) is 34.6 Å². The van der Waals surface area contributed by atoms with Gasteiger partial charge in [0.15, 0.2) is 0 Å². The number of pyridine rings is 2. The highest BCUT2D eigenvalue weighted by atomic mass is 35.5. The van der Waals surface area contributed by atoms with Gasteiger partial charge < -0.3 is 47.6 Å². The molecule has 0 bridgehead atoms. The van der Waals surface area contributed by atoms with E-state index in [9.17, 15) is 19.2 Å². The highest BCUT2D eigenvalue weighted by Crippen LogP contribution is 2.23. The zero-order valence-electron chi connectivity index (χ0n) is 29.7. The van der Waals surface area contributed by atoms with Gasteiger partial charge in [-0.05, 0) is 47.5 Å². The van der Waals surface area contributed by atoms with E-state index in [0.717, 1.165) is 11.1 Å². The fourth-order valence-corrected chi connectivity index (χ4v) is 5.51. The van der Waals surface area contributed by atoms with Gasteiger partial charge in [0.1, 0.15) is 70.2 Å². The molecule has 6 aromatic rings. The van der Waals surface area contributed by atoms with Crippen molar-refractivity contribution in [2.24, 2.45) is 5.73 Å². The summed E-state index contributed by atoms with van der Waals surface area (Å²) < 4.78 is 11.7. The fraction of sp³-hybridized carbons (Fsp3) is 0.158. The maximum absolute atomic E-state index is 13.6. The number of ether oxygens (including phenoxy) is 2. The summed E-state index contributed by atoms with van der Waals surface area (Å²) in [7, 11) is 3.15. The van der Waals surface area contributed by atoms with Crippen LogP contribution in [-0.4, -0.2) is 55.5 Å². The molecule has 58 heavy (non-hydrogen) atoms. The number of nitrogens with zero attached hydrogens (tertiary/aromatic N) is 5. The summed E-state index contributed by atoms with van der Waals surface area (Å²) in [6.45, 7) is 0.325. The molecule has 0 radical (unpaired) electrons. The van der Waals surface area contributed by atoms with Crippen molar-refractivity contribution in [1.29, 1.82) is 0 Å². The van der Waals surface area contributed by atoms with Crippen LogP contribution in [0.25, 0.3) is 0 Å². The summed E-state index contributed by atoms with van der Waals surface area (Å²) in [6.07, 6.45) is 2.52. The highest BCUT2D eigenvalue weighted by Gasteiger charge is 2.21. The second kappa shape index (κ2) is 20.7. The van der Waals surface area contributed by atoms with Gasteiger partial charge in [-0.1, -0.05) is 62.3 Å². The Balaban J connectivity index is 0.000000363. The predicted octanol–water partition coefficient (Wildman–Crippen LogP) is 5.13. The van der Waals surface area contributed by atoms with E-state index >= 15 is 0 Å². The van der Waals surface area contributed by atoms with Crippen LogP contribution in [0.1, 0.15) is 47.0 Å². The lowest BCUT2D eigenvalue weighted by atomic mass is 10.2. The number of nitrogen functional groups attached to an aromatic ring is 2. The molecule has 0 saturated heterocycles. The van der Waals surface area contributed by atoms with Crippen LogP contribution < -0.4 is 53.7 Å². The van der Waals surface area contributed by atoms with Crippen molar-refractivity contribution in [3.63, 3.8) is 0 Å². The Morgan fingerprint density at radius 1 is 0.741 bits per heavy atom. The molecule has 2 aromatic carbocycles. The lowest BCUT2D eigenvalue weighted by molar-refractivity contribution is 0.0939. The monoisotopic (exact) mass is 832 g/mol. The molecule has 0 spiro atoms. The largest absolute Gasteiger partial charge is 0.497 e. The molecule has 4 aromatic heterocycles. The number of benzene rings is 2. The molecule has 0 saturated carbocycles. The number of nitrogens with two attached hydrogens (primary N) is 3. The first-order valence-electron chi connectivity index (χ1n) is 16.2. The summed E-state index contributed by atoms with van der Waals surface area (Å²) >= 11 is 12.4. The average Bonchev–Trinajstić information content (AvgIpc) is 3.18. The normalized spacial score (nSPS) is 10.1. The number of H-pyrrole nitrogens is 1. The number of methoxy groups -OCH3 is 2. The van der Waals surface area contributed by atoms with Gasteiger partial charge in [0.25, 0.3) is 22.9 Å². The Hall–Kier alpha value is -7.18. The van der Waals surface area contributed by atoms with E-state index < -0.39 is 22.9 Å². The zero-order chi connectivity index (χ0) is 40.4. The molecule has 0 fully saturated rings. The van der Waals surface area contributed by atoms with Crippen LogP contribution in [0.3, 0.4) is 0 Å². The lowest BCUT2D eigenvalue weighted by Crippen LogP contribution is -2.33. The molecular formula is C38H42Cl2N12O6. The van der Waals surface area contributed by atoms with Crippen molar-refractivity contribution in [1.82, 2.24) is 34.8 Å². The van der Waals surface area contributed by atoms with E-state index in [4.69, 9.17) is 49.9 Å². The maximum atomic E-state index is 13.6. The van der Waals surface area contributed by atoms with Gasteiger partial charge in [-0.2, -0.15) is 0 Å². The first-order chi connectivity index (χ1) is 26.8. The molecule has 2 amide bonds. The van der Waals surface area contributed by atoms with Gasteiger partial charge in [-0.25, -0.2) is 19.9 Å². The summed E-state index contributed by atoms with van der Waals surface area (Å²) in [5, 5.41) is 8.58. The Morgan fingerprint density at radius 2 is 1.24 bits per heavy atom. The van der Waals surface area contributed by atoms with Crippen LogP contribution in [0.2, 0.25) is 10.0 Å².